The molecule has 0 bridgehead atoms. The zero-order valence-corrected chi connectivity index (χ0v) is 15.2. The van der Waals surface area contributed by atoms with Gasteiger partial charge in [-0.05, 0) is 5.56 Å². The summed E-state index contributed by atoms with van der Waals surface area (Å²) in [4.78, 5) is 5.15. The van der Waals surface area contributed by atoms with Crippen LogP contribution < -0.4 is 0 Å². The Bertz CT molecular complexity index is 1230. The van der Waals surface area contributed by atoms with Crippen molar-refractivity contribution in [2.24, 2.45) is 0 Å². The Kier molecular flexibility index (Phi) is 4.11. The quantitative estimate of drug-likeness (QED) is 0.395. The SMILES string of the molecule is c1ccc(-c2nc(-c3ccccc3)c3cnncc3c2-c2ccccc2)cc1. The Morgan fingerprint density at radius 2 is 0.893 bits per heavy atom. The highest BCUT2D eigenvalue weighted by Crippen LogP contribution is 2.39. The van der Waals surface area contributed by atoms with E-state index in [1.54, 1.807) is 0 Å². The highest BCUT2D eigenvalue weighted by atomic mass is 15.1. The van der Waals surface area contributed by atoms with E-state index in [1.165, 1.54) is 0 Å². The lowest BCUT2D eigenvalue weighted by Gasteiger charge is -2.16. The van der Waals surface area contributed by atoms with Gasteiger partial charge in [0.2, 0.25) is 0 Å². The maximum absolute atomic E-state index is 5.15. The summed E-state index contributed by atoms with van der Waals surface area (Å²) in [7, 11) is 0. The number of nitrogens with zero attached hydrogens (tertiary/aromatic N) is 3. The van der Waals surface area contributed by atoms with Gasteiger partial charge in [-0.1, -0.05) is 91.0 Å². The number of benzene rings is 3. The maximum atomic E-state index is 5.15. The Balaban J connectivity index is 1.93. The summed E-state index contributed by atoms with van der Waals surface area (Å²) in [5.41, 5.74) is 6.22. The van der Waals surface area contributed by atoms with Gasteiger partial charge in [-0.15, -0.1) is 0 Å². The maximum Gasteiger partial charge on any atom is 0.0805 e. The van der Waals surface area contributed by atoms with Gasteiger partial charge in [0.1, 0.15) is 0 Å². The zero-order chi connectivity index (χ0) is 18.8. The summed E-state index contributed by atoms with van der Waals surface area (Å²) in [6, 6.07) is 30.9. The molecule has 28 heavy (non-hydrogen) atoms. The molecule has 3 heteroatoms. The summed E-state index contributed by atoms with van der Waals surface area (Å²) in [5, 5.41) is 10.4. The number of aromatic nitrogens is 3. The summed E-state index contributed by atoms with van der Waals surface area (Å²) in [5.74, 6) is 0. The van der Waals surface area contributed by atoms with Crippen LogP contribution in [0, 0.1) is 0 Å². The van der Waals surface area contributed by atoms with Crippen LogP contribution in [0.4, 0.5) is 0 Å². The van der Waals surface area contributed by atoms with Crippen LogP contribution >= 0.6 is 0 Å². The van der Waals surface area contributed by atoms with Gasteiger partial charge in [0.05, 0.1) is 23.8 Å². The highest BCUT2D eigenvalue weighted by molar-refractivity contribution is 6.07. The van der Waals surface area contributed by atoms with Crippen molar-refractivity contribution >= 4 is 10.8 Å². The van der Waals surface area contributed by atoms with Gasteiger partial charge in [0, 0.05) is 27.5 Å². The molecule has 2 aromatic heterocycles. The second kappa shape index (κ2) is 7.05. The van der Waals surface area contributed by atoms with E-state index in [0.29, 0.717) is 0 Å². The number of hydrogen-bond donors (Lipinski definition) is 0. The predicted octanol–water partition coefficient (Wildman–Crippen LogP) is 6.03. The Hall–Kier alpha value is -3.85. The monoisotopic (exact) mass is 359 g/mol. The second-order valence-corrected chi connectivity index (χ2v) is 6.60. The average molecular weight is 359 g/mol. The van der Waals surface area contributed by atoms with E-state index in [9.17, 15) is 0 Å². The molecule has 5 aromatic rings. The molecule has 0 unspecified atom stereocenters. The molecule has 0 fully saturated rings. The van der Waals surface area contributed by atoms with E-state index in [2.05, 4.69) is 58.7 Å². The van der Waals surface area contributed by atoms with E-state index in [-0.39, 0.29) is 0 Å². The van der Waals surface area contributed by atoms with Crippen molar-refractivity contribution in [3.05, 3.63) is 103 Å². The van der Waals surface area contributed by atoms with Crippen LogP contribution in [0.5, 0.6) is 0 Å². The molecule has 0 aliphatic rings. The standard InChI is InChI=1S/C25H17N3/c1-4-10-18(11-5-1)23-21-16-26-27-17-22(21)24(19-12-6-2-7-13-19)28-25(23)20-14-8-3-9-15-20/h1-17H. The molecule has 0 amide bonds. The van der Waals surface area contributed by atoms with E-state index < -0.39 is 0 Å². The van der Waals surface area contributed by atoms with E-state index in [1.807, 2.05) is 54.9 Å². The molecule has 3 aromatic carbocycles. The third-order valence-electron chi connectivity index (χ3n) is 4.87. The van der Waals surface area contributed by atoms with Crippen molar-refractivity contribution < 1.29 is 0 Å². The van der Waals surface area contributed by atoms with Crippen molar-refractivity contribution in [2.75, 3.05) is 0 Å². The molecule has 0 aliphatic heterocycles. The smallest absolute Gasteiger partial charge is 0.0805 e. The summed E-state index contributed by atoms with van der Waals surface area (Å²) >= 11 is 0. The van der Waals surface area contributed by atoms with Crippen molar-refractivity contribution in [3.63, 3.8) is 0 Å². The molecule has 0 spiro atoms. The van der Waals surface area contributed by atoms with Crippen LogP contribution in [0.1, 0.15) is 0 Å². The third kappa shape index (κ3) is 2.83. The van der Waals surface area contributed by atoms with E-state index >= 15 is 0 Å². The van der Waals surface area contributed by atoms with Crippen molar-refractivity contribution in [2.45, 2.75) is 0 Å². The summed E-state index contributed by atoms with van der Waals surface area (Å²) in [6.45, 7) is 0. The fourth-order valence-corrected chi connectivity index (χ4v) is 3.58. The van der Waals surface area contributed by atoms with Gasteiger partial charge in [-0.2, -0.15) is 10.2 Å². The summed E-state index contributed by atoms with van der Waals surface area (Å²) in [6.07, 6.45) is 3.66. The summed E-state index contributed by atoms with van der Waals surface area (Å²) < 4.78 is 0. The fourth-order valence-electron chi connectivity index (χ4n) is 3.58. The van der Waals surface area contributed by atoms with Crippen LogP contribution in [0.15, 0.2) is 103 Å². The molecule has 0 saturated carbocycles. The molecular formula is C25H17N3. The van der Waals surface area contributed by atoms with Gasteiger partial charge in [-0.3, -0.25) is 0 Å². The largest absolute Gasteiger partial charge is 0.246 e. The normalized spacial score (nSPS) is 10.9. The first-order valence-corrected chi connectivity index (χ1v) is 9.22. The molecule has 0 radical (unpaired) electrons. The van der Waals surface area contributed by atoms with E-state index in [4.69, 9.17) is 4.98 Å². The number of rotatable bonds is 3. The van der Waals surface area contributed by atoms with Crippen molar-refractivity contribution in [3.8, 4) is 33.6 Å². The first-order valence-electron chi connectivity index (χ1n) is 9.22. The van der Waals surface area contributed by atoms with Gasteiger partial charge in [-0.25, -0.2) is 4.98 Å². The first kappa shape index (κ1) is 16.3. The molecular weight excluding hydrogens is 342 g/mol. The van der Waals surface area contributed by atoms with Crippen LogP contribution in [-0.4, -0.2) is 15.2 Å². The number of fused-ring (bicyclic) bond motifs is 1. The van der Waals surface area contributed by atoms with Gasteiger partial charge in [0.15, 0.2) is 0 Å². The van der Waals surface area contributed by atoms with Crippen LogP contribution in [-0.2, 0) is 0 Å². The lowest BCUT2D eigenvalue weighted by molar-refractivity contribution is 1.05. The molecule has 0 aliphatic carbocycles. The second-order valence-electron chi connectivity index (χ2n) is 6.60. The molecule has 132 valence electrons. The van der Waals surface area contributed by atoms with Crippen LogP contribution in [0.25, 0.3) is 44.4 Å². The zero-order valence-electron chi connectivity index (χ0n) is 15.2. The highest BCUT2D eigenvalue weighted by Gasteiger charge is 2.18. The van der Waals surface area contributed by atoms with Crippen LogP contribution in [0.3, 0.4) is 0 Å². The van der Waals surface area contributed by atoms with Gasteiger partial charge >= 0.3 is 0 Å². The first-order chi connectivity index (χ1) is 13.9. The van der Waals surface area contributed by atoms with Crippen molar-refractivity contribution in [1.82, 2.24) is 15.2 Å². The van der Waals surface area contributed by atoms with Gasteiger partial charge < -0.3 is 0 Å². The lowest BCUT2D eigenvalue weighted by Crippen LogP contribution is -1.97. The molecule has 0 saturated heterocycles. The van der Waals surface area contributed by atoms with Crippen molar-refractivity contribution in [1.29, 1.82) is 0 Å². The average Bonchev–Trinajstić information content (AvgIpc) is 2.80. The fraction of sp³-hybridized carbons (Fsp3) is 0. The number of hydrogen-bond acceptors (Lipinski definition) is 3. The molecule has 3 nitrogen and oxygen atoms in total. The minimum Gasteiger partial charge on any atom is -0.246 e. The topological polar surface area (TPSA) is 38.7 Å². The minimum atomic E-state index is 0.920. The number of pyridine rings is 1. The Morgan fingerprint density at radius 3 is 1.46 bits per heavy atom. The minimum absolute atomic E-state index is 0.920. The lowest BCUT2D eigenvalue weighted by atomic mass is 9.93. The molecule has 2 heterocycles. The van der Waals surface area contributed by atoms with Crippen LogP contribution in [0.2, 0.25) is 0 Å². The Labute approximate surface area is 163 Å². The molecule has 0 N–H and O–H groups in total. The third-order valence-corrected chi connectivity index (χ3v) is 4.87. The molecule has 0 atom stereocenters. The Morgan fingerprint density at radius 1 is 0.429 bits per heavy atom. The van der Waals surface area contributed by atoms with Gasteiger partial charge in [0.25, 0.3) is 0 Å². The predicted molar refractivity (Wildman–Crippen MR) is 114 cm³/mol. The molecule has 5 rings (SSSR count). The van der Waals surface area contributed by atoms with E-state index in [0.717, 1.165) is 44.4 Å².